The number of nitrogens with one attached hydrogen (secondary N) is 2. The molecule has 0 spiro atoms. The first-order chi connectivity index (χ1) is 11.0. The van der Waals surface area contributed by atoms with Gasteiger partial charge in [0.2, 0.25) is 0 Å². The molecule has 10 heteroatoms. The van der Waals surface area contributed by atoms with E-state index in [-0.39, 0.29) is 39.3 Å². The molecule has 0 fully saturated rings. The molecule has 1 aliphatic rings. The SMILES string of the molecule is CCOC(=O)C1=Cc2sc(CNSC(=O)OC)cc2N=C([NH-])C1.[Pd]. The van der Waals surface area contributed by atoms with Gasteiger partial charge in [-0.1, -0.05) is 5.84 Å². The molecule has 0 unspecified atom stereocenters. The molecule has 0 saturated carbocycles. The molecule has 134 valence electrons. The molecule has 0 radical (unpaired) electrons. The molecule has 2 heterocycles. The minimum Gasteiger partial charge on any atom is -0.485 e. The Labute approximate surface area is 161 Å². The zero-order valence-electron chi connectivity index (χ0n) is 13.0. The molecule has 1 aliphatic heterocycles. The Bertz CT molecular complexity index is 673. The van der Waals surface area contributed by atoms with Crippen molar-refractivity contribution < 1.29 is 39.5 Å². The van der Waals surface area contributed by atoms with E-state index in [0.717, 1.165) is 21.7 Å². The van der Waals surface area contributed by atoms with Gasteiger partial charge in [0.1, 0.15) is 0 Å². The summed E-state index contributed by atoms with van der Waals surface area (Å²) in [6, 6.07) is 1.84. The van der Waals surface area contributed by atoms with Gasteiger partial charge < -0.3 is 20.2 Å². The fraction of sp³-hybridized carbons (Fsp3) is 0.357. The molecule has 2 rings (SSSR count). The Hall–Kier alpha value is -1.18. The number of rotatable bonds is 5. The van der Waals surface area contributed by atoms with E-state index >= 15 is 0 Å². The second kappa shape index (κ2) is 9.96. The molecule has 0 aliphatic carbocycles. The van der Waals surface area contributed by atoms with Crippen molar-refractivity contribution in [1.82, 2.24) is 4.72 Å². The van der Waals surface area contributed by atoms with Crippen LogP contribution in [-0.2, 0) is 41.2 Å². The van der Waals surface area contributed by atoms with Crippen LogP contribution in [0.5, 0.6) is 0 Å². The summed E-state index contributed by atoms with van der Waals surface area (Å²) in [6.07, 6.45) is 1.88. The summed E-state index contributed by atoms with van der Waals surface area (Å²) in [5.41, 5.74) is 8.93. The van der Waals surface area contributed by atoms with Crippen LogP contribution in [0.25, 0.3) is 11.8 Å². The topological polar surface area (TPSA) is 101 Å². The van der Waals surface area contributed by atoms with Crippen LogP contribution in [0.4, 0.5) is 10.5 Å². The van der Waals surface area contributed by atoms with E-state index in [9.17, 15) is 9.59 Å². The predicted molar refractivity (Wildman–Crippen MR) is 91.8 cm³/mol. The summed E-state index contributed by atoms with van der Waals surface area (Å²) < 4.78 is 12.4. The summed E-state index contributed by atoms with van der Waals surface area (Å²) in [4.78, 5) is 28.9. The standard InChI is InChI=1S/C14H17N3O4S2.Pd/c1-3-21-13(18)8-4-11-10(17-12(15)5-8)6-9(22-11)7-16-23-14(19)20-2;/h4,6,16H,3,5,7H2,1-2H3,(H2,15,17,18);/p-1. The maximum atomic E-state index is 11.9. The van der Waals surface area contributed by atoms with Crippen LogP contribution in [0.3, 0.4) is 0 Å². The molecule has 0 atom stereocenters. The van der Waals surface area contributed by atoms with Crippen molar-refractivity contribution in [2.45, 2.75) is 19.9 Å². The first-order valence-corrected chi connectivity index (χ1v) is 8.44. The van der Waals surface area contributed by atoms with Crippen LogP contribution in [0.15, 0.2) is 16.6 Å². The number of carbonyl (C=O) groups excluding carboxylic acids is 2. The first-order valence-electron chi connectivity index (χ1n) is 6.80. The molecular weight excluding hydrogens is 445 g/mol. The van der Waals surface area contributed by atoms with Crippen LogP contribution in [-0.4, -0.2) is 30.8 Å². The minimum atomic E-state index is -0.422. The zero-order valence-corrected chi connectivity index (χ0v) is 16.2. The number of fused-ring (bicyclic) bond motifs is 1. The van der Waals surface area contributed by atoms with Crippen LogP contribution in [0.2, 0.25) is 0 Å². The average Bonchev–Trinajstić information content (AvgIpc) is 2.80. The van der Waals surface area contributed by atoms with Gasteiger partial charge in [0, 0.05) is 54.2 Å². The minimum absolute atomic E-state index is 0. The third kappa shape index (κ3) is 5.72. The third-order valence-electron chi connectivity index (χ3n) is 2.82. The Morgan fingerprint density at radius 3 is 2.92 bits per heavy atom. The predicted octanol–water partition coefficient (Wildman–Crippen LogP) is 3.68. The second-order valence-electron chi connectivity index (χ2n) is 4.46. The smallest absolute Gasteiger partial charge is 0.382 e. The number of methoxy groups -OCH3 is 1. The van der Waals surface area contributed by atoms with Crippen molar-refractivity contribution in [1.29, 1.82) is 0 Å². The van der Waals surface area contributed by atoms with Crippen molar-refractivity contribution in [3.63, 3.8) is 0 Å². The Morgan fingerprint density at radius 2 is 2.25 bits per heavy atom. The second-order valence-corrected chi connectivity index (χ2v) is 6.46. The first kappa shape index (κ1) is 20.9. The molecule has 0 amide bonds. The fourth-order valence-corrected chi connectivity index (χ4v) is 3.39. The molecule has 0 saturated heterocycles. The normalized spacial score (nSPS) is 12.9. The molecule has 0 aromatic carbocycles. The van der Waals surface area contributed by atoms with Gasteiger partial charge in [0.05, 0.1) is 13.7 Å². The Balaban J connectivity index is 0.00000288. The van der Waals surface area contributed by atoms with Gasteiger partial charge in [-0.05, 0) is 31.2 Å². The Kier molecular flexibility index (Phi) is 8.66. The molecule has 2 N–H and O–H groups in total. The summed E-state index contributed by atoms with van der Waals surface area (Å²) in [5.74, 6) is -0.307. The van der Waals surface area contributed by atoms with Gasteiger partial charge in [-0.15, -0.1) is 11.3 Å². The molecule has 24 heavy (non-hydrogen) atoms. The van der Waals surface area contributed by atoms with Crippen molar-refractivity contribution >= 4 is 52.2 Å². The molecule has 7 nitrogen and oxygen atoms in total. The molecular formula is C14H16N3O4PdS2-. The van der Waals surface area contributed by atoms with Crippen LogP contribution in [0, 0.1) is 0 Å². The quantitative estimate of drug-likeness (QED) is 0.408. The summed E-state index contributed by atoms with van der Waals surface area (Å²) in [6.45, 7) is 2.48. The van der Waals surface area contributed by atoms with Crippen molar-refractivity contribution in [2.75, 3.05) is 13.7 Å². The number of aliphatic imine (C=N–C) groups is 1. The van der Waals surface area contributed by atoms with Gasteiger partial charge in [-0.3, -0.25) is 0 Å². The monoisotopic (exact) mass is 460 g/mol. The Morgan fingerprint density at radius 1 is 1.50 bits per heavy atom. The van der Waals surface area contributed by atoms with Crippen LogP contribution >= 0.6 is 23.3 Å². The van der Waals surface area contributed by atoms with E-state index in [4.69, 9.17) is 10.5 Å². The number of hydrogen-bond donors (Lipinski definition) is 1. The molecule has 1 aromatic rings. The van der Waals surface area contributed by atoms with Gasteiger partial charge in [0.15, 0.2) is 0 Å². The van der Waals surface area contributed by atoms with E-state index in [1.165, 1.54) is 18.4 Å². The summed E-state index contributed by atoms with van der Waals surface area (Å²) in [5, 5.41) is -0.418. The number of esters is 1. The van der Waals surface area contributed by atoms with E-state index in [1.54, 1.807) is 13.0 Å². The zero-order chi connectivity index (χ0) is 16.8. The van der Waals surface area contributed by atoms with Gasteiger partial charge in [-0.2, -0.15) is 0 Å². The van der Waals surface area contributed by atoms with E-state index in [2.05, 4.69) is 14.5 Å². The van der Waals surface area contributed by atoms with Crippen molar-refractivity contribution in [3.05, 3.63) is 27.1 Å². The van der Waals surface area contributed by atoms with Crippen LogP contribution in [0.1, 0.15) is 23.1 Å². The molecule has 1 aromatic heterocycles. The van der Waals surface area contributed by atoms with E-state index < -0.39 is 11.3 Å². The van der Waals surface area contributed by atoms with E-state index in [0.29, 0.717) is 17.8 Å². The number of ether oxygens (including phenoxy) is 2. The summed E-state index contributed by atoms with van der Waals surface area (Å²) >= 11 is 2.31. The number of thiophene rings is 1. The third-order valence-corrected chi connectivity index (χ3v) is 4.51. The number of hydrogen-bond acceptors (Lipinski definition) is 8. The number of carbonyl (C=O) groups is 2. The number of amidine groups is 1. The fourth-order valence-electron chi connectivity index (χ4n) is 1.86. The van der Waals surface area contributed by atoms with Gasteiger partial charge >= 0.3 is 11.3 Å². The summed E-state index contributed by atoms with van der Waals surface area (Å²) in [7, 11) is 1.32. The van der Waals surface area contributed by atoms with E-state index in [1.807, 2.05) is 6.07 Å². The number of nitrogens with zero attached hydrogens (tertiary/aromatic N) is 1. The van der Waals surface area contributed by atoms with Crippen molar-refractivity contribution in [3.8, 4) is 0 Å². The largest absolute Gasteiger partial charge is 0.485 e. The molecule has 0 bridgehead atoms. The van der Waals surface area contributed by atoms with Crippen LogP contribution < -0.4 is 4.72 Å². The maximum Gasteiger partial charge on any atom is 0.382 e. The van der Waals surface area contributed by atoms with Gasteiger partial charge in [-0.25, -0.2) is 14.3 Å². The average molecular weight is 461 g/mol. The maximum absolute atomic E-state index is 11.9. The van der Waals surface area contributed by atoms with Crippen molar-refractivity contribution in [2.24, 2.45) is 4.99 Å². The van der Waals surface area contributed by atoms with Gasteiger partial charge in [0.25, 0.3) is 0 Å².